The van der Waals surface area contributed by atoms with Crippen LogP contribution in [0.4, 0.5) is 13.2 Å². The molecular formula is C22H22BrF3N2O3. The summed E-state index contributed by atoms with van der Waals surface area (Å²) in [6.45, 7) is 2.54. The first-order chi connectivity index (χ1) is 14.7. The fourth-order valence-electron chi connectivity index (χ4n) is 3.35. The number of rotatable bonds is 5. The molecule has 2 aromatic rings. The van der Waals surface area contributed by atoms with E-state index in [2.05, 4.69) is 15.9 Å². The maximum Gasteiger partial charge on any atom is 0.416 e. The van der Waals surface area contributed by atoms with Crippen LogP contribution in [0.25, 0.3) is 6.08 Å². The Balaban J connectivity index is 1.56. The SMILES string of the molecule is COc1cc(/C=C/C(=O)N2CCN(Cc3cccc(C(F)(F)F)c3)CC2)cc(Br)c1O. The lowest BCUT2D eigenvalue weighted by Gasteiger charge is -2.34. The fourth-order valence-corrected chi connectivity index (χ4v) is 3.81. The van der Waals surface area contributed by atoms with E-state index in [9.17, 15) is 23.1 Å². The summed E-state index contributed by atoms with van der Waals surface area (Å²) in [5.74, 6) is 0.134. The molecule has 5 nitrogen and oxygen atoms in total. The second kappa shape index (κ2) is 9.74. The molecule has 1 aliphatic heterocycles. The molecule has 1 fully saturated rings. The number of phenolic OH excluding ortho intramolecular Hbond substituents is 1. The summed E-state index contributed by atoms with van der Waals surface area (Å²) >= 11 is 3.24. The van der Waals surface area contributed by atoms with Crippen LogP contribution in [-0.4, -0.2) is 54.1 Å². The third kappa shape index (κ3) is 6.01. The second-order valence-electron chi connectivity index (χ2n) is 7.19. The van der Waals surface area contributed by atoms with Gasteiger partial charge in [0.25, 0.3) is 0 Å². The fraction of sp³-hybridized carbons (Fsp3) is 0.318. The maximum atomic E-state index is 12.9. The van der Waals surface area contributed by atoms with Gasteiger partial charge >= 0.3 is 6.18 Å². The van der Waals surface area contributed by atoms with Gasteiger partial charge in [-0.2, -0.15) is 13.2 Å². The van der Waals surface area contributed by atoms with Gasteiger partial charge in [0, 0.05) is 38.8 Å². The Morgan fingerprint density at radius 2 is 1.90 bits per heavy atom. The van der Waals surface area contributed by atoms with Gasteiger partial charge in [0.1, 0.15) is 0 Å². The average Bonchev–Trinajstić information content (AvgIpc) is 2.74. The van der Waals surface area contributed by atoms with Crippen LogP contribution in [0.3, 0.4) is 0 Å². The number of ether oxygens (including phenoxy) is 1. The molecule has 0 radical (unpaired) electrons. The summed E-state index contributed by atoms with van der Waals surface area (Å²) in [4.78, 5) is 16.2. The van der Waals surface area contributed by atoms with Gasteiger partial charge in [-0.3, -0.25) is 9.69 Å². The van der Waals surface area contributed by atoms with Gasteiger partial charge in [-0.1, -0.05) is 18.2 Å². The molecule has 166 valence electrons. The van der Waals surface area contributed by atoms with E-state index in [0.717, 1.165) is 6.07 Å². The number of halogens is 4. The van der Waals surface area contributed by atoms with Crippen LogP contribution in [0.1, 0.15) is 16.7 Å². The Bertz CT molecular complexity index is 971. The van der Waals surface area contributed by atoms with Gasteiger partial charge in [0.15, 0.2) is 11.5 Å². The zero-order valence-electron chi connectivity index (χ0n) is 16.8. The van der Waals surface area contributed by atoms with Crippen molar-refractivity contribution < 1.29 is 27.8 Å². The number of hydrogen-bond acceptors (Lipinski definition) is 4. The Kier molecular flexibility index (Phi) is 7.27. The summed E-state index contributed by atoms with van der Waals surface area (Å²) in [5.41, 5.74) is 0.640. The van der Waals surface area contributed by atoms with Gasteiger partial charge in [0.2, 0.25) is 5.91 Å². The largest absolute Gasteiger partial charge is 0.503 e. The number of carbonyl (C=O) groups is 1. The quantitative estimate of drug-likeness (QED) is 0.615. The zero-order valence-corrected chi connectivity index (χ0v) is 18.4. The summed E-state index contributed by atoms with van der Waals surface area (Å²) < 4.78 is 44.2. The molecule has 0 unspecified atom stereocenters. The maximum absolute atomic E-state index is 12.9. The Morgan fingerprint density at radius 1 is 1.19 bits per heavy atom. The lowest BCUT2D eigenvalue weighted by molar-refractivity contribution is -0.137. The van der Waals surface area contributed by atoms with Gasteiger partial charge < -0.3 is 14.7 Å². The molecule has 0 saturated carbocycles. The Labute approximate surface area is 186 Å². The van der Waals surface area contributed by atoms with Crippen LogP contribution in [-0.2, 0) is 17.5 Å². The van der Waals surface area contributed by atoms with Crippen LogP contribution < -0.4 is 4.74 Å². The van der Waals surface area contributed by atoms with Gasteiger partial charge in [-0.25, -0.2) is 0 Å². The summed E-state index contributed by atoms with van der Waals surface area (Å²) in [6.07, 6.45) is -1.25. The molecule has 1 saturated heterocycles. The summed E-state index contributed by atoms with van der Waals surface area (Å²) in [6, 6.07) is 8.63. The van der Waals surface area contributed by atoms with Crippen molar-refractivity contribution in [2.75, 3.05) is 33.3 Å². The van der Waals surface area contributed by atoms with Crippen molar-refractivity contribution in [3.05, 3.63) is 63.6 Å². The van der Waals surface area contributed by atoms with Crippen molar-refractivity contribution in [2.24, 2.45) is 0 Å². The first-order valence-electron chi connectivity index (χ1n) is 9.59. The van der Waals surface area contributed by atoms with Gasteiger partial charge in [-0.05, 0) is 51.3 Å². The highest BCUT2D eigenvalue weighted by Crippen LogP contribution is 2.35. The number of benzene rings is 2. The highest BCUT2D eigenvalue weighted by atomic mass is 79.9. The first-order valence-corrected chi connectivity index (χ1v) is 10.4. The molecule has 0 spiro atoms. The van der Waals surface area contributed by atoms with Crippen molar-refractivity contribution in [3.8, 4) is 11.5 Å². The smallest absolute Gasteiger partial charge is 0.416 e. The molecule has 1 N–H and O–H groups in total. The molecule has 0 bridgehead atoms. The molecule has 9 heteroatoms. The number of nitrogens with zero attached hydrogens (tertiary/aromatic N) is 2. The van der Waals surface area contributed by atoms with Gasteiger partial charge in [0.05, 0.1) is 17.1 Å². The van der Waals surface area contributed by atoms with Crippen molar-refractivity contribution in [1.82, 2.24) is 9.80 Å². The van der Waals surface area contributed by atoms with Crippen LogP contribution >= 0.6 is 15.9 Å². The monoisotopic (exact) mass is 498 g/mol. The predicted octanol–water partition coefficient (Wildman–Crippen LogP) is 4.54. The highest BCUT2D eigenvalue weighted by molar-refractivity contribution is 9.10. The minimum atomic E-state index is -4.36. The minimum Gasteiger partial charge on any atom is -0.503 e. The average molecular weight is 499 g/mol. The van der Waals surface area contributed by atoms with E-state index in [1.165, 1.54) is 25.3 Å². The number of methoxy groups -OCH3 is 1. The standard InChI is InChI=1S/C22H22BrF3N2O3/c1-31-19-13-15(12-18(23)21(19)30)5-6-20(29)28-9-7-27(8-10-28)14-16-3-2-4-17(11-16)22(24,25)26/h2-6,11-13,30H,7-10,14H2,1H3/b6-5+. The second-order valence-corrected chi connectivity index (χ2v) is 8.04. The Morgan fingerprint density at radius 3 is 2.55 bits per heavy atom. The summed E-state index contributed by atoms with van der Waals surface area (Å²) in [5, 5.41) is 9.86. The van der Waals surface area contributed by atoms with E-state index in [0.29, 0.717) is 54.1 Å². The number of amides is 1. The van der Waals surface area contributed by atoms with Crippen molar-refractivity contribution >= 4 is 27.9 Å². The lowest BCUT2D eigenvalue weighted by atomic mass is 10.1. The van der Waals surface area contributed by atoms with Crippen molar-refractivity contribution in [3.63, 3.8) is 0 Å². The molecule has 3 rings (SSSR count). The number of carbonyl (C=O) groups excluding carboxylic acids is 1. The zero-order chi connectivity index (χ0) is 22.6. The number of piperazine rings is 1. The third-order valence-corrected chi connectivity index (χ3v) is 5.64. The molecule has 0 aromatic heterocycles. The minimum absolute atomic E-state index is 0.0112. The van der Waals surface area contributed by atoms with E-state index < -0.39 is 11.7 Å². The third-order valence-electron chi connectivity index (χ3n) is 5.03. The van der Waals surface area contributed by atoms with E-state index in [1.54, 1.807) is 29.2 Å². The number of aromatic hydroxyl groups is 1. The predicted molar refractivity (Wildman–Crippen MR) is 115 cm³/mol. The number of phenols is 1. The molecule has 1 heterocycles. The van der Waals surface area contributed by atoms with Gasteiger partial charge in [-0.15, -0.1) is 0 Å². The molecular weight excluding hydrogens is 477 g/mol. The van der Waals surface area contributed by atoms with Crippen LogP contribution in [0.5, 0.6) is 11.5 Å². The molecule has 0 aliphatic carbocycles. The first kappa shape index (κ1) is 23.1. The van der Waals surface area contributed by atoms with E-state index >= 15 is 0 Å². The van der Waals surface area contributed by atoms with E-state index in [4.69, 9.17) is 4.74 Å². The van der Waals surface area contributed by atoms with Crippen molar-refractivity contribution in [1.29, 1.82) is 0 Å². The lowest BCUT2D eigenvalue weighted by Crippen LogP contribution is -2.47. The number of alkyl halides is 3. The molecule has 31 heavy (non-hydrogen) atoms. The molecule has 1 amide bonds. The molecule has 0 atom stereocenters. The van der Waals surface area contributed by atoms with E-state index in [1.807, 2.05) is 4.90 Å². The topological polar surface area (TPSA) is 53.0 Å². The van der Waals surface area contributed by atoms with Crippen LogP contribution in [0.2, 0.25) is 0 Å². The number of hydrogen-bond donors (Lipinski definition) is 1. The van der Waals surface area contributed by atoms with Crippen LogP contribution in [0.15, 0.2) is 46.9 Å². The molecule has 1 aliphatic rings. The Hall–Kier alpha value is -2.52. The van der Waals surface area contributed by atoms with Crippen molar-refractivity contribution in [2.45, 2.75) is 12.7 Å². The van der Waals surface area contributed by atoms with E-state index in [-0.39, 0.29) is 11.7 Å². The summed E-state index contributed by atoms with van der Waals surface area (Å²) in [7, 11) is 1.44. The highest BCUT2D eigenvalue weighted by Gasteiger charge is 2.30. The molecule has 2 aromatic carbocycles. The van der Waals surface area contributed by atoms with Crippen LogP contribution in [0, 0.1) is 0 Å². The normalized spacial score (nSPS) is 15.5.